The van der Waals surface area contributed by atoms with E-state index >= 15 is 0 Å². The van der Waals surface area contributed by atoms with Gasteiger partial charge < -0.3 is 16.8 Å². The Balaban J connectivity index is 0.000000385. The number of rotatable bonds is 8. The van der Waals surface area contributed by atoms with Crippen LogP contribution in [0.2, 0.25) is 10.0 Å². The summed E-state index contributed by atoms with van der Waals surface area (Å²) in [7, 11) is -2.97. The van der Waals surface area contributed by atoms with Gasteiger partial charge in [-0.25, -0.2) is 18.6 Å². The zero-order valence-corrected chi connectivity index (χ0v) is 27.9. The van der Waals surface area contributed by atoms with Crippen LogP contribution in [-0.4, -0.2) is 44.4 Å². The quantitative estimate of drug-likeness (QED) is 0.131. The molecule has 0 unspecified atom stereocenters. The highest BCUT2D eigenvalue weighted by Gasteiger charge is 2.40. The Hall–Kier alpha value is -4.01. The predicted octanol–water partition coefficient (Wildman–Crippen LogP) is 4.09. The fraction of sp³-hybridized carbons (Fsp3) is 0.312. The molecule has 1 aliphatic carbocycles. The number of hydrogen-bond acceptors (Lipinski definition) is 6. The molecule has 1 heterocycles. The molecule has 0 bridgehead atoms. The number of amides is 3. The number of hydrogen-bond donors (Lipinski definition) is 5. The summed E-state index contributed by atoms with van der Waals surface area (Å²) in [6.45, 7) is -0.0399. The summed E-state index contributed by atoms with van der Waals surface area (Å²) in [4.78, 5) is 47.1. The lowest BCUT2D eigenvalue weighted by molar-refractivity contribution is -0.137. The highest BCUT2D eigenvalue weighted by atomic mass is 35.5. The molecule has 2 atom stereocenters. The van der Waals surface area contributed by atoms with Crippen LogP contribution >= 0.6 is 23.2 Å². The summed E-state index contributed by atoms with van der Waals surface area (Å²) in [5.74, 6) is -2.60. The van der Waals surface area contributed by atoms with Crippen molar-refractivity contribution in [2.75, 3.05) is 6.26 Å². The van der Waals surface area contributed by atoms with Crippen LogP contribution in [0.15, 0.2) is 71.7 Å². The number of halogens is 2. The molecule has 15 heteroatoms. The third kappa shape index (κ3) is 10.2. The monoisotopic (exact) mass is 702 g/mol. The third-order valence-corrected chi connectivity index (χ3v) is 8.87. The summed E-state index contributed by atoms with van der Waals surface area (Å²) >= 11 is 12.4. The van der Waals surface area contributed by atoms with Crippen LogP contribution in [0.1, 0.15) is 81.5 Å². The average Bonchev–Trinajstić information content (AvgIpc) is 3.01. The summed E-state index contributed by atoms with van der Waals surface area (Å²) in [5.41, 5.74) is 15.3. The summed E-state index contributed by atoms with van der Waals surface area (Å²) in [6.07, 6.45) is 6.81. The Morgan fingerprint density at radius 1 is 0.979 bits per heavy atom. The molecule has 3 amide bonds. The highest BCUT2D eigenvalue weighted by Crippen LogP contribution is 2.40. The van der Waals surface area contributed by atoms with E-state index in [1.165, 1.54) is 12.7 Å². The number of carbonyl (C=O) groups excluding carboxylic acids is 3. The molecule has 0 radical (unpaired) electrons. The molecule has 1 fully saturated rings. The summed E-state index contributed by atoms with van der Waals surface area (Å²) in [5, 5.41) is 3.61. The van der Waals surface area contributed by atoms with Crippen molar-refractivity contribution in [2.24, 2.45) is 16.5 Å². The third-order valence-electron chi connectivity index (χ3n) is 7.54. The first-order valence-corrected chi connectivity index (χ1v) is 17.4. The number of carbonyl (C=O) groups is 3. The first-order valence-electron chi connectivity index (χ1n) is 14.8. The Morgan fingerprint density at radius 2 is 1.70 bits per heavy atom. The van der Waals surface area contributed by atoms with E-state index < -0.39 is 33.8 Å². The molecule has 0 aromatic heterocycles. The Kier molecular flexibility index (Phi) is 12.4. The van der Waals surface area contributed by atoms with Crippen LogP contribution < -0.4 is 27.0 Å². The van der Waals surface area contributed by atoms with Gasteiger partial charge in [0.2, 0.25) is 10.0 Å². The van der Waals surface area contributed by atoms with Crippen molar-refractivity contribution < 1.29 is 27.6 Å². The summed E-state index contributed by atoms with van der Waals surface area (Å²) in [6, 6.07) is 17.6. The van der Waals surface area contributed by atoms with Crippen molar-refractivity contribution in [1.29, 1.82) is 0 Å². The highest BCUT2D eigenvalue weighted by molar-refractivity contribution is 7.88. The van der Waals surface area contributed by atoms with Gasteiger partial charge in [-0.15, -0.1) is 0 Å². The van der Waals surface area contributed by atoms with Crippen molar-refractivity contribution in [3.63, 3.8) is 0 Å². The van der Waals surface area contributed by atoms with Crippen molar-refractivity contribution in [3.8, 4) is 0 Å². The second-order valence-electron chi connectivity index (χ2n) is 11.2. The van der Waals surface area contributed by atoms with Gasteiger partial charge in [-0.2, -0.15) is 4.99 Å². The van der Waals surface area contributed by atoms with Gasteiger partial charge in [0.25, 0.3) is 17.7 Å². The number of aliphatic imine (C=N–C) groups is 1. The van der Waals surface area contributed by atoms with Crippen LogP contribution in [-0.2, 0) is 26.3 Å². The van der Waals surface area contributed by atoms with Crippen molar-refractivity contribution >= 4 is 56.9 Å². The van der Waals surface area contributed by atoms with Gasteiger partial charge in [0.1, 0.15) is 0 Å². The van der Waals surface area contributed by atoms with Gasteiger partial charge in [0.15, 0.2) is 5.96 Å². The minimum Gasteiger partial charge on any atom is -0.370 e. The lowest BCUT2D eigenvalue weighted by Crippen LogP contribution is -2.44. The molecule has 5 rings (SSSR count). The molecule has 47 heavy (non-hydrogen) atoms. The average molecular weight is 704 g/mol. The van der Waals surface area contributed by atoms with Crippen LogP contribution in [0, 0.1) is 0 Å². The Bertz CT molecular complexity index is 1760. The van der Waals surface area contributed by atoms with E-state index in [1.807, 2.05) is 0 Å². The minimum atomic E-state index is -2.97. The van der Waals surface area contributed by atoms with Crippen LogP contribution in [0.3, 0.4) is 0 Å². The lowest BCUT2D eigenvalue weighted by atomic mass is 9.80. The van der Waals surface area contributed by atoms with E-state index in [0.29, 0.717) is 32.3 Å². The molecular weight excluding hydrogens is 667 g/mol. The number of guanidine groups is 1. The number of sulfonamides is 1. The number of nitrogens with one attached hydrogen (secondary N) is 3. The van der Waals surface area contributed by atoms with Gasteiger partial charge in [0.05, 0.1) is 24.8 Å². The lowest BCUT2D eigenvalue weighted by Gasteiger charge is -2.33. The molecule has 1 saturated carbocycles. The first-order chi connectivity index (χ1) is 22.3. The molecule has 0 saturated heterocycles. The van der Waals surface area contributed by atoms with Crippen molar-refractivity contribution in [3.05, 3.63) is 105 Å². The van der Waals surface area contributed by atoms with Crippen molar-refractivity contribution in [2.45, 2.75) is 56.7 Å². The molecule has 2 aliphatic rings. The molecule has 7 N–H and O–H groups in total. The minimum absolute atomic E-state index is 0.0399. The number of nitrogens with two attached hydrogens (primary N) is 2. The normalized spacial score (nSPS) is 17.7. The molecule has 3 aromatic carbocycles. The van der Waals surface area contributed by atoms with E-state index in [9.17, 15) is 22.8 Å². The van der Waals surface area contributed by atoms with Crippen LogP contribution in [0.4, 0.5) is 0 Å². The topological polar surface area (TPSA) is 195 Å². The van der Waals surface area contributed by atoms with E-state index in [2.05, 4.69) is 20.5 Å². The number of hydroxylamine groups is 1. The van der Waals surface area contributed by atoms with Crippen LogP contribution in [0.5, 0.6) is 0 Å². The zero-order chi connectivity index (χ0) is 34.1. The first kappa shape index (κ1) is 35.8. The largest absolute Gasteiger partial charge is 0.370 e. The van der Waals surface area contributed by atoms with Gasteiger partial charge in [-0.05, 0) is 59.9 Å². The van der Waals surface area contributed by atoms with E-state index in [-0.39, 0.29) is 30.1 Å². The Labute approximate surface area is 283 Å². The maximum Gasteiger partial charge on any atom is 0.280 e. The molecule has 1 aliphatic heterocycles. The van der Waals surface area contributed by atoms with E-state index in [4.69, 9.17) is 39.5 Å². The zero-order valence-electron chi connectivity index (χ0n) is 25.5. The van der Waals surface area contributed by atoms with Crippen molar-refractivity contribution in [1.82, 2.24) is 15.5 Å². The maximum absolute atomic E-state index is 13.4. The van der Waals surface area contributed by atoms with Gasteiger partial charge in [0, 0.05) is 27.2 Å². The summed E-state index contributed by atoms with van der Waals surface area (Å²) < 4.78 is 24.2. The molecule has 12 nitrogen and oxygen atoms in total. The van der Waals surface area contributed by atoms with Gasteiger partial charge in [-0.1, -0.05) is 78.9 Å². The SMILES string of the molecule is CS(=O)(=O)NC1CCCCC1.NC(N)=NC(=O)c1cccc(CONC(=O)[C@@H]2c3ccccc3C(=O)N[C@H]2c2ccc(Cl)cc2Cl)c1. The molecule has 0 spiro atoms. The number of fused-ring (bicyclic) bond motifs is 1. The van der Waals surface area contributed by atoms with Crippen LogP contribution in [0.25, 0.3) is 0 Å². The molecular formula is C32H36Cl2N6O6S. The maximum atomic E-state index is 13.4. The number of nitrogens with zero attached hydrogens (tertiary/aromatic N) is 1. The molecule has 250 valence electrons. The Morgan fingerprint density at radius 3 is 2.38 bits per heavy atom. The van der Waals surface area contributed by atoms with Gasteiger partial charge in [-0.3, -0.25) is 19.2 Å². The fourth-order valence-electron chi connectivity index (χ4n) is 5.51. The second-order valence-corrected chi connectivity index (χ2v) is 13.8. The predicted molar refractivity (Wildman–Crippen MR) is 180 cm³/mol. The standard InChI is InChI=1S/C25H21Cl2N5O4.C7H15NO2S/c26-15-8-9-18(19(27)11-15)21-20(16-6-1-2-7-17(16)23(34)30-21)24(35)32-36-12-13-4-3-5-14(10-13)22(33)31-25(28)29;1-11(9,10)8-7-5-3-2-4-6-7/h1-11,20-21H,12H2,(H,30,34)(H,32,35)(H4,28,29,31,33);7-8H,2-6H2,1H3/t20-,21+;/m1./s1. The number of benzene rings is 3. The molecule has 3 aromatic rings. The van der Waals surface area contributed by atoms with Gasteiger partial charge >= 0.3 is 0 Å². The van der Waals surface area contributed by atoms with E-state index in [1.54, 1.807) is 66.7 Å². The van der Waals surface area contributed by atoms with E-state index in [0.717, 1.165) is 25.7 Å². The smallest absolute Gasteiger partial charge is 0.280 e. The fourth-order valence-corrected chi connectivity index (χ4v) is 6.88. The second kappa shape index (κ2) is 16.2.